The van der Waals surface area contributed by atoms with Crippen LogP contribution in [0.15, 0.2) is 72.8 Å². The van der Waals surface area contributed by atoms with Crippen molar-refractivity contribution < 1.29 is 19.8 Å². The molecule has 3 aromatic carbocycles. The monoisotopic (exact) mass is 347 g/mol. The van der Waals surface area contributed by atoms with Crippen LogP contribution in [0.3, 0.4) is 0 Å². The second-order valence-corrected chi connectivity index (χ2v) is 5.75. The van der Waals surface area contributed by atoms with Crippen molar-refractivity contribution in [1.82, 2.24) is 0 Å². The molecule has 0 bridgehead atoms. The van der Waals surface area contributed by atoms with Crippen LogP contribution >= 0.6 is 0 Å². The van der Waals surface area contributed by atoms with E-state index >= 15 is 0 Å². The van der Waals surface area contributed by atoms with Gasteiger partial charge in [-0.1, -0.05) is 42.5 Å². The topological polar surface area (TPSA) is 86.6 Å². The molecule has 0 saturated carbocycles. The minimum atomic E-state index is -0.467. The van der Waals surface area contributed by atoms with Gasteiger partial charge in [-0.25, -0.2) is 0 Å². The van der Waals surface area contributed by atoms with Crippen LogP contribution in [0.25, 0.3) is 0 Å². The van der Waals surface area contributed by atoms with E-state index in [-0.39, 0.29) is 34.8 Å². The zero-order chi connectivity index (χ0) is 18.5. The maximum atomic E-state index is 12.5. The number of benzene rings is 3. The van der Waals surface area contributed by atoms with Gasteiger partial charge in [-0.2, -0.15) is 0 Å². The first kappa shape index (κ1) is 17.2. The van der Waals surface area contributed by atoms with Crippen LogP contribution in [-0.4, -0.2) is 21.9 Å². The number of phenols is 2. The molecule has 5 nitrogen and oxygen atoms in total. The van der Waals surface area contributed by atoms with E-state index < -0.39 is 5.91 Å². The Hall–Kier alpha value is -3.60. The Morgan fingerprint density at radius 3 is 1.92 bits per heavy atom. The predicted octanol–water partition coefficient (Wildman–Crippen LogP) is 3.78. The minimum Gasteiger partial charge on any atom is -0.507 e. The molecule has 0 aliphatic heterocycles. The van der Waals surface area contributed by atoms with Crippen molar-refractivity contribution >= 4 is 17.4 Å². The van der Waals surface area contributed by atoms with Crippen LogP contribution in [0.5, 0.6) is 11.5 Å². The molecule has 0 unspecified atom stereocenters. The third kappa shape index (κ3) is 3.72. The number of aromatic hydroxyl groups is 2. The van der Waals surface area contributed by atoms with Gasteiger partial charge in [-0.05, 0) is 35.9 Å². The third-order valence-electron chi connectivity index (χ3n) is 3.97. The molecule has 5 heteroatoms. The summed E-state index contributed by atoms with van der Waals surface area (Å²) in [6, 6.07) is 19.5. The summed E-state index contributed by atoms with van der Waals surface area (Å²) in [5, 5.41) is 22.4. The van der Waals surface area contributed by atoms with E-state index in [0.29, 0.717) is 11.3 Å². The number of phenolic OH excluding ortho intramolecular Hbond substituents is 2. The smallest absolute Gasteiger partial charge is 0.259 e. The lowest BCUT2D eigenvalue weighted by atomic mass is 10.0. The molecule has 0 fully saturated rings. The molecule has 3 N–H and O–H groups in total. The standard InChI is InChI=1S/C21H17NO4/c23-18-11-5-2-8-15(18)20(25)13-14-7-1-4-10-17(14)22-21(26)16-9-3-6-12-19(16)24/h1-12,23-24H,13H2,(H,22,26). The Labute approximate surface area is 150 Å². The summed E-state index contributed by atoms with van der Waals surface area (Å²) in [5.74, 6) is -0.918. The number of ketones is 1. The molecule has 0 aliphatic rings. The number of carbonyl (C=O) groups excluding carboxylic acids is 2. The van der Waals surface area contributed by atoms with Crippen LogP contribution in [0.1, 0.15) is 26.3 Å². The summed E-state index contributed by atoms with van der Waals surface area (Å²) in [6.07, 6.45) is 0.0226. The average molecular weight is 347 g/mol. The lowest BCUT2D eigenvalue weighted by Gasteiger charge is -2.12. The molecule has 0 aromatic heterocycles. The van der Waals surface area contributed by atoms with E-state index in [9.17, 15) is 19.8 Å². The van der Waals surface area contributed by atoms with Gasteiger partial charge in [0.15, 0.2) is 5.78 Å². The minimum absolute atomic E-state index is 0.0226. The molecule has 0 aliphatic carbocycles. The summed E-state index contributed by atoms with van der Waals surface area (Å²) in [5.41, 5.74) is 1.47. The van der Waals surface area contributed by atoms with Crippen molar-refractivity contribution in [2.45, 2.75) is 6.42 Å². The second kappa shape index (κ2) is 7.53. The fourth-order valence-corrected chi connectivity index (χ4v) is 2.63. The lowest BCUT2D eigenvalue weighted by molar-refractivity contribution is 0.0986. The zero-order valence-electron chi connectivity index (χ0n) is 13.8. The SMILES string of the molecule is O=C(Cc1ccccc1NC(=O)c1ccccc1O)c1ccccc1O. The van der Waals surface area contributed by atoms with E-state index in [1.54, 1.807) is 54.6 Å². The molecule has 130 valence electrons. The largest absolute Gasteiger partial charge is 0.507 e. The van der Waals surface area contributed by atoms with E-state index in [4.69, 9.17) is 0 Å². The highest BCUT2D eigenvalue weighted by Crippen LogP contribution is 2.23. The molecule has 1 amide bonds. The van der Waals surface area contributed by atoms with Crippen LogP contribution in [0, 0.1) is 0 Å². The molecule has 3 aromatic rings. The van der Waals surface area contributed by atoms with E-state index in [2.05, 4.69) is 5.32 Å². The van der Waals surface area contributed by atoms with Crippen LogP contribution in [0.4, 0.5) is 5.69 Å². The van der Waals surface area contributed by atoms with Crippen molar-refractivity contribution in [1.29, 1.82) is 0 Å². The number of carbonyl (C=O) groups is 2. The van der Waals surface area contributed by atoms with Crippen molar-refractivity contribution in [2.75, 3.05) is 5.32 Å². The summed E-state index contributed by atoms with van der Waals surface area (Å²) < 4.78 is 0. The Bertz CT molecular complexity index is 887. The molecular formula is C21H17NO4. The molecule has 3 rings (SSSR count). The molecular weight excluding hydrogens is 330 g/mol. The molecule has 0 atom stereocenters. The summed E-state index contributed by atoms with van der Waals surface area (Å²) in [7, 11) is 0. The Kier molecular flexibility index (Phi) is 4.99. The van der Waals surface area contributed by atoms with E-state index in [0.717, 1.165) is 0 Å². The number of Topliss-reactive ketones (excluding diaryl/α,β-unsaturated/α-hetero) is 1. The fourth-order valence-electron chi connectivity index (χ4n) is 2.63. The number of hydrogen-bond acceptors (Lipinski definition) is 4. The van der Waals surface area contributed by atoms with Gasteiger partial charge < -0.3 is 15.5 Å². The van der Waals surface area contributed by atoms with E-state index in [1.807, 2.05) is 0 Å². The van der Waals surface area contributed by atoms with Crippen molar-refractivity contribution in [3.8, 4) is 11.5 Å². The average Bonchev–Trinajstić information content (AvgIpc) is 2.64. The first-order chi connectivity index (χ1) is 12.6. The number of anilines is 1. The highest BCUT2D eigenvalue weighted by Gasteiger charge is 2.16. The van der Waals surface area contributed by atoms with E-state index in [1.165, 1.54) is 18.2 Å². The second-order valence-electron chi connectivity index (χ2n) is 5.75. The molecule has 0 saturated heterocycles. The Morgan fingerprint density at radius 1 is 0.731 bits per heavy atom. The maximum absolute atomic E-state index is 12.5. The first-order valence-electron chi connectivity index (χ1n) is 8.04. The van der Waals surface area contributed by atoms with Gasteiger partial charge in [0, 0.05) is 12.1 Å². The highest BCUT2D eigenvalue weighted by molar-refractivity contribution is 6.07. The summed E-state index contributed by atoms with van der Waals surface area (Å²) >= 11 is 0. The number of para-hydroxylation sites is 3. The van der Waals surface area contributed by atoms with Gasteiger partial charge >= 0.3 is 0 Å². The quantitative estimate of drug-likeness (QED) is 0.613. The number of rotatable bonds is 5. The number of nitrogens with one attached hydrogen (secondary N) is 1. The summed E-state index contributed by atoms with van der Waals surface area (Å²) in [4.78, 5) is 24.9. The van der Waals surface area contributed by atoms with Crippen LogP contribution in [0.2, 0.25) is 0 Å². The Morgan fingerprint density at radius 2 is 1.27 bits per heavy atom. The third-order valence-corrected chi connectivity index (χ3v) is 3.97. The van der Waals surface area contributed by atoms with Gasteiger partial charge in [0.2, 0.25) is 0 Å². The van der Waals surface area contributed by atoms with Gasteiger partial charge in [-0.15, -0.1) is 0 Å². The fraction of sp³-hybridized carbons (Fsp3) is 0.0476. The predicted molar refractivity (Wildman–Crippen MR) is 98.6 cm³/mol. The number of amides is 1. The lowest BCUT2D eigenvalue weighted by Crippen LogP contribution is -2.14. The summed E-state index contributed by atoms with van der Waals surface area (Å²) in [6.45, 7) is 0. The normalized spacial score (nSPS) is 10.3. The van der Waals surface area contributed by atoms with Crippen molar-refractivity contribution in [2.24, 2.45) is 0 Å². The number of hydrogen-bond donors (Lipinski definition) is 3. The van der Waals surface area contributed by atoms with Gasteiger partial charge in [-0.3, -0.25) is 9.59 Å². The van der Waals surface area contributed by atoms with Crippen LogP contribution in [-0.2, 0) is 6.42 Å². The first-order valence-corrected chi connectivity index (χ1v) is 8.04. The van der Waals surface area contributed by atoms with Crippen LogP contribution < -0.4 is 5.32 Å². The molecule has 0 heterocycles. The van der Waals surface area contributed by atoms with Gasteiger partial charge in [0.1, 0.15) is 11.5 Å². The highest BCUT2D eigenvalue weighted by atomic mass is 16.3. The Balaban J connectivity index is 1.83. The maximum Gasteiger partial charge on any atom is 0.259 e. The zero-order valence-corrected chi connectivity index (χ0v) is 13.8. The van der Waals surface area contributed by atoms with Crippen molar-refractivity contribution in [3.05, 3.63) is 89.5 Å². The molecule has 26 heavy (non-hydrogen) atoms. The van der Waals surface area contributed by atoms with Crippen molar-refractivity contribution in [3.63, 3.8) is 0 Å². The van der Waals surface area contributed by atoms with Gasteiger partial charge in [0.05, 0.1) is 11.1 Å². The molecule has 0 radical (unpaired) electrons. The van der Waals surface area contributed by atoms with Gasteiger partial charge in [0.25, 0.3) is 5.91 Å². The molecule has 0 spiro atoms.